The van der Waals surface area contributed by atoms with Crippen LogP contribution < -0.4 is 0 Å². The van der Waals surface area contributed by atoms with Crippen molar-refractivity contribution in [1.82, 2.24) is 0 Å². The molecule has 58 valence electrons. The highest BCUT2D eigenvalue weighted by Crippen LogP contribution is 2.24. The van der Waals surface area contributed by atoms with Crippen LogP contribution in [0.3, 0.4) is 0 Å². The molecule has 0 aromatic carbocycles. The average Bonchev–Trinajstić information content (AvgIpc) is 2.42. The van der Waals surface area contributed by atoms with E-state index in [2.05, 4.69) is 13.2 Å². The van der Waals surface area contributed by atoms with Crippen LogP contribution in [0.2, 0.25) is 0 Å². The highest BCUT2D eigenvalue weighted by Gasteiger charge is 2.20. The predicted molar refractivity (Wildman–Crippen MR) is 40.8 cm³/mol. The van der Waals surface area contributed by atoms with E-state index in [0.29, 0.717) is 0 Å². The quantitative estimate of drug-likeness (QED) is 0.569. The normalized spacial score (nSPS) is 17.6. The zero-order valence-corrected chi connectivity index (χ0v) is 6.18. The van der Waals surface area contributed by atoms with Crippen LogP contribution in [0.1, 0.15) is 25.7 Å². The second-order valence-electron chi connectivity index (χ2n) is 2.32. The minimum Gasteiger partial charge on any atom is -0.481 e. The summed E-state index contributed by atoms with van der Waals surface area (Å²) in [5, 5.41) is 8.41. The standard InChI is InChI=1S/C6H10O2.C2H4/c7-6(8)5-3-1-2-4-5;1-2/h5H,1-4H2,(H,7,8);1-2H2. The average molecular weight is 142 g/mol. The van der Waals surface area contributed by atoms with Gasteiger partial charge in [-0.25, -0.2) is 0 Å². The molecule has 1 rings (SSSR count). The SMILES string of the molecule is C=C.O=C(O)C1CCCC1. The number of hydrogen-bond donors (Lipinski definition) is 1. The Morgan fingerprint density at radius 2 is 1.70 bits per heavy atom. The molecule has 0 amide bonds. The van der Waals surface area contributed by atoms with Crippen LogP contribution in [0.5, 0.6) is 0 Å². The lowest BCUT2D eigenvalue weighted by Gasteiger charge is -1.97. The van der Waals surface area contributed by atoms with E-state index in [-0.39, 0.29) is 5.92 Å². The van der Waals surface area contributed by atoms with Crippen molar-refractivity contribution in [3.05, 3.63) is 13.2 Å². The fraction of sp³-hybridized carbons (Fsp3) is 0.625. The molecule has 0 aliphatic heterocycles. The van der Waals surface area contributed by atoms with Gasteiger partial charge in [0.25, 0.3) is 0 Å². The molecule has 0 atom stereocenters. The van der Waals surface area contributed by atoms with Gasteiger partial charge in [-0.05, 0) is 12.8 Å². The zero-order valence-electron chi connectivity index (χ0n) is 6.18. The molecule has 1 aliphatic carbocycles. The molecular weight excluding hydrogens is 128 g/mol. The van der Waals surface area contributed by atoms with Crippen LogP contribution >= 0.6 is 0 Å². The smallest absolute Gasteiger partial charge is 0.306 e. The molecule has 0 saturated heterocycles. The molecule has 1 N–H and O–H groups in total. The van der Waals surface area contributed by atoms with E-state index in [1.807, 2.05) is 0 Å². The lowest BCUT2D eigenvalue weighted by Crippen LogP contribution is -2.07. The molecule has 0 unspecified atom stereocenters. The van der Waals surface area contributed by atoms with Gasteiger partial charge in [-0.15, -0.1) is 13.2 Å². The van der Waals surface area contributed by atoms with E-state index in [1.165, 1.54) is 0 Å². The van der Waals surface area contributed by atoms with Crippen LogP contribution in [0, 0.1) is 5.92 Å². The largest absolute Gasteiger partial charge is 0.481 e. The highest BCUT2D eigenvalue weighted by atomic mass is 16.4. The van der Waals surface area contributed by atoms with Gasteiger partial charge in [-0.3, -0.25) is 4.79 Å². The molecule has 0 radical (unpaired) electrons. The molecular formula is C8H14O2. The van der Waals surface area contributed by atoms with Crippen molar-refractivity contribution in [2.45, 2.75) is 25.7 Å². The first kappa shape index (κ1) is 9.21. The van der Waals surface area contributed by atoms with Gasteiger partial charge in [-0.1, -0.05) is 12.8 Å². The first-order chi connectivity index (χ1) is 4.80. The van der Waals surface area contributed by atoms with Gasteiger partial charge < -0.3 is 5.11 Å². The number of carboxylic acid groups (broad SMARTS) is 1. The molecule has 0 aromatic rings. The number of rotatable bonds is 1. The number of hydrogen-bond acceptors (Lipinski definition) is 1. The van der Waals surface area contributed by atoms with E-state index in [4.69, 9.17) is 5.11 Å². The van der Waals surface area contributed by atoms with Crippen LogP contribution in [-0.2, 0) is 4.79 Å². The summed E-state index contributed by atoms with van der Waals surface area (Å²) in [7, 11) is 0. The van der Waals surface area contributed by atoms with Crippen LogP contribution in [-0.4, -0.2) is 11.1 Å². The number of carbonyl (C=O) groups is 1. The fourth-order valence-corrected chi connectivity index (χ4v) is 1.17. The van der Waals surface area contributed by atoms with Gasteiger partial charge in [0.1, 0.15) is 0 Å². The zero-order chi connectivity index (χ0) is 7.98. The van der Waals surface area contributed by atoms with Crippen LogP contribution in [0.15, 0.2) is 13.2 Å². The molecule has 1 aliphatic rings. The van der Waals surface area contributed by atoms with E-state index < -0.39 is 5.97 Å². The highest BCUT2D eigenvalue weighted by molar-refractivity contribution is 5.70. The molecule has 1 saturated carbocycles. The van der Waals surface area contributed by atoms with Gasteiger partial charge in [0.2, 0.25) is 0 Å². The van der Waals surface area contributed by atoms with E-state index in [1.54, 1.807) is 0 Å². The first-order valence-electron chi connectivity index (χ1n) is 3.53. The van der Waals surface area contributed by atoms with Crippen molar-refractivity contribution in [1.29, 1.82) is 0 Å². The van der Waals surface area contributed by atoms with Gasteiger partial charge in [0.05, 0.1) is 5.92 Å². The van der Waals surface area contributed by atoms with E-state index in [9.17, 15) is 4.79 Å². The lowest BCUT2D eigenvalue weighted by molar-refractivity contribution is -0.141. The van der Waals surface area contributed by atoms with Gasteiger partial charge in [-0.2, -0.15) is 0 Å². The maximum absolute atomic E-state index is 10.2. The van der Waals surface area contributed by atoms with Crippen molar-refractivity contribution in [2.75, 3.05) is 0 Å². The van der Waals surface area contributed by atoms with E-state index >= 15 is 0 Å². The van der Waals surface area contributed by atoms with E-state index in [0.717, 1.165) is 25.7 Å². The van der Waals surface area contributed by atoms with Crippen molar-refractivity contribution in [3.8, 4) is 0 Å². The summed E-state index contributed by atoms with van der Waals surface area (Å²) in [6.07, 6.45) is 4.01. The number of aliphatic carboxylic acids is 1. The molecule has 2 heteroatoms. The lowest BCUT2D eigenvalue weighted by atomic mass is 10.1. The minimum atomic E-state index is -0.609. The summed E-state index contributed by atoms with van der Waals surface area (Å²) in [6, 6.07) is 0. The minimum absolute atomic E-state index is 0.0185. The maximum Gasteiger partial charge on any atom is 0.306 e. The third-order valence-corrected chi connectivity index (χ3v) is 1.70. The molecule has 0 aromatic heterocycles. The molecule has 1 fully saturated rings. The van der Waals surface area contributed by atoms with Gasteiger partial charge in [0, 0.05) is 0 Å². The van der Waals surface area contributed by atoms with Gasteiger partial charge >= 0.3 is 5.97 Å². The summed E-state index contributed by atoms with van der Waals surface area (Å²) < 4.78 is 0. The molecule has 0 spiro atoms. The monoisotopic (exact) mass is 142 g/mol. The Morgan fingerprint density at radius 3 is 1.90 bits per heavy atom. The van der Waals surface area contributed by atoms with Crippen LogP contribution in [0.4, 0.5) is 0 Å². The van der Waals surface area contributed by atoms with Crippen molar-refractivity contribution in [2.24, 2.45) is 5.92 Å². The second-order valence-corrected chi connectivity index (χ2v) is 2.32. The summed E-state index contributed by atoms with van der Waals surface area (Å²) in [6.45, 7) is 6.00. The third kappa shape index (κ3) is 2.67. The fourth-order valence-electron chi connectivity index (χ4n) is 1.17. The Labute approximate surface area is 61.6 Å². The van der Waals surface area contributed by atoms with Gasteiger partial charge in [0.15, 0.2) is 0 Å². The Bertz CT molecular complexity index is 104. The molecule has 2 nitrogen and oxygen atoms in total. The molecule has 10 heavy (non-hydrogen) atoms. The van der Waals surface area contributed by atoms with Crippen LogP contribution in [0.25, 0.3) is 0 Å². The number of carboxylic acids is 1. The Balaban J connectivity index is 0.000000371. The summed E-state index contributed by atoms with van der Waals surface area (Å²) >= 11 is 0. The predicted octanol–water partition coefficient (Wildman–Crippen LogP) is 2.06. The second kappa shape index (κ2) is 5.03. The Kier molecular flexibility index (Phi) is 4.63. The van der Waals surface area contributed by atoms with Crippen molar-refractivity contribution in [3.63, 3.8) is 0 Å². The summed E-state index contributed by atoms with van der Waals surface area (Å²) in [4.78, 5) is 10.2. The molecule has 0 bridgehead atoms. The molecule has 0 heterocycles. The van der Waals surface area contributed by atoms with Crippen molar-refractivity contribution >= 4 is 5.97 Å². The maximum atomic E-state index is 10.2. The summed E-state index contributed by atoms with van der Waals surface area (Å²) in [5.41, 5.74) is 0. The first-order valence-corrected chi connectivity index (χ1v) is 3.53. The Morgan fingerprint density at radius 1 is 1.30 bits per heavy atom. The Hall–Kier alpha value is -0.790. The van der Waals surface area contributed by atoms with Crippen molar-refractivity contribution < 1.29 is 9.90 Å². The summed E-state index contributed by atoms with van der Waals surface area (Å²) in [5.74, 6) is -0.627. The topological polar surface area (TPSA) is 37.3 Å². The third-order valence-electron chi connectivity index (χ3n) is 1.70.